The van der Waals surface area contributed by atoms with Gasteiger partial charge in [0, 0.05) is 19.7 Å². The number of benzene rings is 2. The highest BCUT2D eigenvalue weighted by molar-refractivity contribution is 5.89. The molecule has 0 spiro atoms. The highest BCUT2D eigenvalue weighted by atomic mass is 19.1. The first-order valence-electron chi connectivity index (χ1n) is 11.7. The molecule has 0 saturated carbocycles. The van der Waals surface area contributed by atoms with Gasteiger partial charge in [0.05, 0.1) is 24.7 Å². The minimum Gasteiger partial charge on any atom is -0.343 e. The summed E-state index contributed by atoms with van der Waals surface area (Å²) in [5.74, 6) is -0.223. The molecule has 7 nitrogen and oxygen atoms in total. The maximum Gasteiger partial charge on any atom is 0.243 e. The molecular formula is C26H32FN5O2. The molecule has 8 heteroatoms. The first kappa shape index (κ1) is 23.8. The molecule has 180 valence electrons. The van der Waals surface area contributed by atoms with Crippen LogP contribution in [0.4, 0.5) is 4.39 Å². The molecule has 2 amide bonds. The third kappa shape index (κ3) is 5.22. The maximum absolute atomic E-state index is 14.4. The van der Waals surface area contributed by atoms with Gasteiger partial charge in [-0.3, -0.25) is 14.6 Å². The van der Waals surface area contributed by atoms with E-state index in [0.29, 0.717) is 5.92 Å². The molecule has 1 fully saturated rings. The first-order chi connectivity index (χ1) is 16.3. The van der Waals surface area contributed by atoms with E-state index in [4.69, 9.17) is 0 Å². The van der Waals surface area contributed by atoms with E-state index in [1.807, 2.05) is 42.5 Å². The number of nitrogens with one attached hydrogen (secondary N) is 3. The minimum atomic E-state index is -1.23. The Morgan fingerprint density at radius 3 is 2.32 bits per heavy atom. The second-order valence-electron chi connectivity index (χ2n) is 9.20. The number of halogens is 1. The van der Waals surface area contributed by atoms with E-state index in [1.54, 1.807) is 18.3 Å². The van der Waals surface area contributed by atoms with Crippen LogP contribution in [0.3, 0.4) is 0 Å². The second kappa shape index (κ2) is 10.3. The molecule has 4 rings (SSSR count). The van der Waals surface area contributed by atoms with Gasteiger partial charge in [0.15, 0.2) is 0 Å². The van der Waals surface area contributed by atoms with Crippen molar-refractivity contribution in [3.63, 3.8) is 0 Å². The normalized spacial score (nSPS) is 20.8. The SMILES string of the molecule is CC(C)c1ccc([C@@H](NC(=O)[C@@H]2C[C@@H](F)CN2C(=O)CC2=CNNN2C)c2ccccc2)cc1. The average molecular weight is 466 g/mol. The second-order valence-corrected chi connectivity index (χ2v) is 9.20. The lowest BCUT2D eigenvalue weighted by atomic mass is 9.95. The van der Waals surface area contributed by atoms with Crippen LogP contribution in [0.5, 0.6) is 0 Å². The summed E-state index contributed by atoms with van der Waals surface area (Å²) in [7, 11) is 1.78. The summed E-state index contributed by atoms with van der Waals surface area (Å²) >= 11 is 0. The fraction of sp³-hybridized carbons (Fsp3) is 0.385. The van der Waals surface area contributed by atoms with Crippen molar-refractivity contribution in [3.05, 3.63) is 83.2 Å². The van der Waals surface area contributed by atoms with E-state index in [1.165, 1.54) is 10.5 Å². The van der Waals surface area contributed by atoms with Gasteiger partial charge in [0.1, 0.15) is 12.2 Å². The predicted octanol–water partition coefficient (Wildman–Crippen LogP) is 3.14. The zero-order valence-corrected chi connectivity index (χ0v) is 19.8. The molecule has 2 aromatic rings. The molecule has 0 unspecified atom stereocenters. The van der Waals surface area contributed by atoms with Gasteiger partial charge in [-0.1, -0.05) is 68.4 Å². The van der Waals surface area contributed by atoms with Crippen molar-refractivity contribution in [1.29, 1.82) is 0 Å². The van der Waals surface area contributed by atoms with Gasteiger partial charge in [-0.25, -0.2) is 4.39 Å². The summed E-state index contributed by atoms with van der Waals surface area (Å²) in [6, 6.07) is 16.6. The van der Waals surface area contributed by atoms with Crippen LogP contribution in [0.25, 0.3) is 0 Å². The lowest BCUT2D eigenvalue weighted by Crippen LogP contribution is -2.47. The Bertz CT molecular complexity index is 1040. The molecule has 0 aromatic heterocycles. The number of amides is 2. The van der Waals surface area contributed by atoms with Crippen molar-refractivity contribution in [2.24, 2.45) is 0 Å². The zero-order chi connectivity index (χ0) is 24.2. The number of carbonyl (C=O) groups is 2. The average Bonchev–Trinajstić information content (AvgIpc) is 3.43. The highest BCUT2D eigenvalue weighted by Crippen LogP contribution is 2.27. The van der Waals surface area contributed by atoms with Gasteiger partial charge >= 0.3 is 0 Å². The third-order valence-corrected chi connectivity index (χ3v) is 6.46. The standard InChI is InChI=1S/C26H32FN5O2/c1-17(2)18-9-11-20(12-10-18)25(19-7-5-4-6-8-19)29-26(34)23-13-21(27)16-32(23)24(33)14-22-15-28-30-31(22)3/h4-12,15,17,21,23,25,28,30H,13-14,16H2,1-3H3,(H,29,34)/t21-,23+,25+/m1/s1. The third-order valence-electron chi connectivity index (χ3n) is 6.46. The highest BCUT2D eigenvalue weighted by Gasteiger charge is 2.40. The smallest absolute Gasteiger partial charge is 0.243 e. The number of nitrogens with zero attached hydrogens (tertiary/aromatic N) is 2. The number of rotatable bonds is 7. The minimum absolute atomic E-state index is 0.00322. The van der Waals surface area contributed by atoms with Crippen molar-refractivity contribution < 1.29 is 14.0 Å². The van der Waals surface area contributed by atoms with E-state index in [9.17, 15) is 14.0 Å². The molecule has 2 heterocycles. The largest absolute Gasteiger partial charge is 0.343 e. The van der Waals surface area contributed by atoms with Crippen LogP contribution in [0.2, 0.25) is 0 Å². The van der Waals surface area contributed by atoms with Crippen molar-refractivity contribution in [1.82, 2.24) is 26.2 Å². The number of alkyl halides is 1. The Balaban J connectivity index is 1.54. The molecule has 2 aliphatic rings. The molecule has 2 aliphatic heterocycles. The van der Waals surface area contributed by atoms with Crippen LogP contribution in [0.15, 0.2) is 66.5 Å². The van der Waals surface area contributed by atoms with E-state index in [-0.39, 0.29) is 31.2 Å². The van der Waals surface area contributed by atoms with Gasteiger partial charge < -0.3 is 15.6 Å². The molecule has 0 bridgehead atoms. The van der Waals surface area contributed by atoms with Gasteiger partial charge in [-0.15, -0.1) is 5.53 Å². The van der Waals surface area contributed by atoms with E-state index >= 15 is 0 Å². The van der Waals surface area contributed by atoms with E-state index in [0.717, 1.165) is 16.8 Å². The van der Waals surface area contributed by atoms with Crippen LogP contribution in [0, 0.1) is 0 Å². The van der Waals surface area contributed by atoms with Crippen molar-refractivity contribution in [3.8, 4) is 0 Å². The molecule has 3 N–H and O–H groups in total. The Morgan fingerprint density at radius 2 is 1.71 bits per heavy atom. The summed E-state index contributed by atoms with van der Waals surface area (Å²) in [6.07, 6.45) is 0.525. The summed E-state index contributed by atoms with van der Waals surface area (Å²) in [5, 5.41) is 4.78. The lowest BCUT2D eigenvalue weighted by Gasteiger charge is -2.27. The van der Waals surface area contributed by atoms with E-state index in [2.05, 4.69) is 42.3 Å². The quantitative estimate of drug-likeness (QED) is 0.586. The monoisotopic (exact) mass is 465 g/mol. The molecule has 3 atom stereocenters. The fourth-order valence-corrected chi connectivity index (χ4v) is 4.43. The zero-order valence-electron chi connectivity index (χ0n) is 19.8. The summed E-state index contributed by atoms with van der Waals surface area (Å²) in [6.45, 7) is 4.19. The molecule has 2 aromatic carbocycles. The van der Waals surface area contributed by atoms with Crippen LogP contribution in [-0.4, -0.2) is 47.5 Å². The first-order valence-corrected chi connectivity index (χ1v) is 11.7. The van der Waals surface area contributed by atoms with Gasteiger partial charge in [0.2, 0.25) is 11.8 Å². The summed E-state index contributed by atoms with van der Waals surface area (Å²) in [5.41, 5.74) is 9.47. The molecule has 0 aliphatic carbocycles. The lowest BCUT2D eigenvalue weighted by molar-refractivity contribution is -0.138. The molecular weight excluding hydrogens is 433 g/mol. The fourth-order valence-electron chi connectivity index (χ4n) is 4.43. The number of hydrazine groups is 2. The van der Waals surface area contributed by atoms with Crippen LogP contribution in [0.1, 0.15) is 55.3 Å². The van der Waals surface area contributed by atoms with Gasteiger partial charge in [-0.05, 0) is 22.6 Å². The van der Waals surface area contributed by atoms with Crippen LogP contribution >= 0.6 is 0 Å². The van der Waals surface area contributed by atoms with Gasteiger partial charge in [0.25, 0.3) is 0 Å². The topological polar surface area (TPSA) is 76.7 Å². The molecule has 0 radical (unpaired) electrons. The Hall–Kier alpha value is -3.39. The Labute approximate surface area is 199 Å². The molecule has 34 heavy (non-hydrogen) atoms. The Kier molecular flexibility index (Phi) is 7.17. The number of carbonyl (C=O) groups excluding carboxylic acids is 2. The number of hydrogen-bond donors (Lipinski definition) is 3. The number of hydrogen-bond acceptors (Lipinski definition) is 5. The van der Waals surface area contributed by atoms with Crippen LogP contribution in [-0.2, 0) is 9.59 Å². The van der Waals surface area contributed by atoms with Crippen LogP contribution < -0.4 is 16.3 Å². The van der Waals surface area contributed by atoms with Gasteiger partial charge in [-0.2, -0.15) is 0 Å². The summed E-state index contributed by atoms with van der Waals surface area (Å²) in [4.78, 5) is 27.8. The maximum atomic E-state index is 14.4. The Morgan fingerprint density at radius 1 is 1.06 bits per heavy atom. The van der Waals surface area contributed by atoms with Crippen molar-refractivity contribution in [2.45, 2.75) is 50.9 Å². The number of likely N-dealkylation sites (tertiary alicyclic amines) is 1. The predicted molar refractivity (Wildman–Crippen MR) is 129 cm³/mol. The van der Waals surface area contributed by atoms with E-state index < -0.39 is 18.3 Å². The molecule has 1 saturated heterocycles. The van der Waals surface area contributed by atoms with Crippen molar-refractivity contribution >= 4 is 11.8 Å². The van der Waals surface area contributed by atoms with Crippen molar-refractivity contribution in [2.75, 3.05) is 13.6 Å². The summed E-state index contributed by atoms with van der Waals surface area (Å²) < 4.78 is 14.4.